The highest BCUT2D eigenvalue weighted by atomic mass is 79.9. The molecule has 6 heteroatoms. The second-order valence-corrected chi connectivity index (χ2v) is 5.94. The number of nitrogens with zero attached hydrogens (tertiary/aromatic N) is 2. The summed E-state index contributed by atoms with van der Waals surface area (Å²) in [5.41, 5.74) is 1.04. The Morgan fingerprint density at radius 2 is 2.10 bits per heavy atom. The number of hydrogen-bond acceptors (Lipinski definition) is 4. The van der Waals surface area contributed by atoms with Gasteiger partial charge in [0.1, 0.15) is 17.8 Å². The molecule has 2 aromatic rings. The zero-order valence-corrected chi connectivity index (χ0v) is 13.5. The van der Waals surface area contributed by atoms with E-state index in [0.717, 1.165) is 11.0 Å². The van der Waals surface area contributed by atoms with Crippen molar-refractivity contribution < 1.29 is 4.79 Å². The molecule has 0 aliphatic rings. The van der Waals surface area contributed by atoms with Crippen LogP contribution in [0.3, 0.4) is 0 Å². The van der Waals surface area contributed by atoms with Crippen molar-refractivity contribution in [2.75, 3.05) is 17.2 Å². The van der Waals surface area contributed by atoms with E-state index in [1.54, 1.807) is 6.07 Å². The lowest BCUT2D eigenvalue weighted by Gasteiger charge is -2.09. The number of anilines is 2. The highest BCUT2D eigenvalue weighted by molar-refractivity contribution is 9.10. The molecular weight excluding hydrogens is 332 g/mol. The van der Waals surface area contributed by atoms with Gasteiger partial charge in [-0.3, -0.25) is 4.79 Å². The molecule has 1 amide bonds. The Labute approximate surface area is 132 Å². The van der Waals surface area contributed by atoms with Crippen molar-refractivity contribution in [1.82, 2.24) is 9.97 Å². The number of nitrogens with one attached hydrogen (secondary N) is 2. The van der Waals surface area contributed by atoms with Crippen molar-refractivity contribution in [1.29, 1.82) is 0 Å². The summed E-state index contributed by atoms with van der Waals surface area (Å²) in [7, 11) is 0. The van der Waals surface area contributed by atoms with Crippen molar-refractivity contribution in [2.24, 2.45) is 5.92 Å². The minimum Gasteiger partial charge on any atom is -0.370 e. The largest absolute Gasteiger partial charge is 0.370 e. The first kappa shape index (κ1) is 15.4. The predicted octanol–water partition coefficient (Wildman–Crippen LogP) is 3.56. The van der Waals surface area contributed by atoms with Crippen LogP contribution in [0.2, 0.25) is 0 Å². The SMILES string of the molecule is CC(C)CNc1cc(C(=O)Nc2cccc(Br)c2)ncn1. The van der Waals surface area contributed by atoms with E-state index in [0.29, 0.717) is 23.1 Å². The van der Waals surface area contributed by atoms with Crippen LogP contribution in [-0.2, 0) is 0 Å². The third-order valence-corrected chi connectivity index (χ3v) is 3.17. The molecule has 0 aliphatic carbocycles. The lowest BCUT2D eigenvalue weighted by atomic mass is 10.2. The maximum absolute atomic E-state index is 12.2. The van der Waals surface area contributed by atoms with Crippen LogP contribution in [0.25, 0.3) is 0 Å². The number of carbonyl (C=O) groups excluding carboxylic acids is 1. The highest BCUT2D eigenvalue weighted by Crippen LogP contribution is 2.16. The topological polar surface area (TPSA) is 66.9 Å². The number of aromatic nitrogens is 2. The minimum atomic E-state index is -0.261. The monoisotopic (exact) mass is 348 g/mol. The number of amides is 1. The molecule has 0 bridgehead atoms. The Morgan fingerprint density at radius 3 is 2.81 bits per heavy atom. The Bertz CT molecular complexity index is 631. The normalized spacial score (nSPS) is 10.5. The maximum Gasteiger partial charge on any atom is 0.274 e. The molecule has 0 fully saturated rings. The van der Waals surface area contributed by atoms with Gasteiger partial charge in [0, 0.05) is 22.8 Å². The van der Waals surface area contributed by atoms with Crippen molar-refractivity contribution in [3.8, 4) is 0 Å². The second-order valence-electron chi connectivity index (χ2n) is 5.03. The zero-order valence-electron chi connectivity index (χ0n) is 11.9. The molecule has 2 rings (SSSR count). The predicted molar refractivity (Wildman–Crippen MR) is 87.5 cm³/mol. The summed E-state index contributed by atoms with van der Waals surface area (Å²) in [6.07, 6.45) is 1.39. The first-order valence-electron chi connectivity index (χ1n) is 6.67. The number of carbonyl (C=O) groups is 1. The van der Waals surface area contributed by atoms with Crippen LogP contribution in [0.4, 0.5) is 11.5 Å². The van der Waals surface area contributed by atoms with Crippen LogP contribution in [-0.4, -0.2) is 22.4 Å². The van der Waals surface area contributed by atoms with Crippen LogP contribution in [0.15, 0.2) is 41.1 Å². The molecule has 0 saturated heterocycles. The molecular formula is C15H17BrN4O. The van der Waals surface area contributed by atoms with Crippen LogP contribution in [0.1, 0.15) is 24.3 Å². The van der Waals surface area contributed by atoms with Crippen molar-refractivity contribution in [3.63, 3.8) is 0 Å². The van der Waals surface area contributed by atoms with Gasteiger partial charge in [0.15, 0.2) is 0 Å². The Hall–Kier alpha value is -1.95. The van der Waals surface area contributed by atoms with Crippen molar-refractivity contribution in [2.45, 2.75) is 13.8 Å². The van der Waals surface area contributed by atoms with Crippen LogP contribution in [0, 0.1) is 5.92 Å². The van der Waals surface area contributed by atoms with Crippen LogP contribution >= 0.6 is 15.9 Å². The molecule has 5 nitrogen and oxygen atoms in total. The summed E-state index contributed by atoms with van der Waals surface area (Å²) < 4.78 is 0.905. The fraction of sp³-hybridized carbons (Fsp3) is 0.267. The average Bonchev–Trinajstić information content (AvgIpc) is 2.45. The van der Waals surface area contributed by atoms with E-state index >= 15 is 0 Å². The summed E-state index contributed by atoms with van der Waals surface area (Å²) in [5.74, 6) is 0.889. The number of halogens is 1. The first-order valence-corrected chi connectivity index (χ1v) is 7.46. The number of rotatable bonds is 5. The standard InChI is InChI=1S/C15H17BrN4O/c1-10(2)8-17-14-7-13(18-9-19-14)15(21)20-12-5-3-4-11(16)6-12/h3-7,9-10H,8H2,1-2H3,(H,20,21)(H,17,18,19). The molecule has 0 radical (unpaired) electrons. The van der Waals surface area contributed by atoms with Crippen molar-refractivity contribution >= 4 is 33.3 Å². The van der Waals surface area contributed by atoms with E-state index in [1.807, 2.05) is 24.3 Å². The van der Waals surface area contributed by atoms with Gasteiger partial charge in [-0.05, 0) is 24.1 Å². The quantitative estimate of drug-likeness (QED) is 0.866. The van der Waals surface area contributed by atoms with E-state index in [1.165, 1.54) is 6.33 Å². The number of benzene rings is 1. The van der Waals surface area contributed by atoms with Gasteiger partial charge in [0.2, 0.25) is 0 Å². The molecule has 110 valence electrons. The lowest BCUT2D eigenvalue weighted by Crippen LogP contribution is -2.15. The summed E-state index contributed by atoms with van der Waals surface area (Å²) in [6, 6.07) is 9.05. The van der Waals surface area contributed by atoms with E-state index in [9.17, 15) is 4.79 Å². The Kier molecular flexibility index (Phi) is 5.27. The summed E-state index contributed by atoms with van der Waals surface area (Å²) in [4.78, 5) is 20.3. The molecule has 1 heterocycles. The molecule has 21 heavy (non-hydrogen) atoms. The fourth-order valence-electron chi connectivity index (χ4n) is 1.65. The Balaban J connectivity index is 2.07. The summed E-state index contributed by atoms with van der Waals surface area (Å²) in [6.45, 7) is 5.01. The summed E-state index contributed by atoms with van der Waals surface area (Å²) in [5, 5.41) is 5.98. The Morgan fingerprint density at radius 1 is 1.29 bits per heavy atom. The third-order valence-electron chi connectivity index (χ3n) is 2.67. The second kappa shape index (κ2) is 7.17. The van der Waals surface area contributed by atoms with Gasteiger partial charge < -0.3 is 10.6 Å². The van der Waals surface area contributed by atoms with Gasteiger partial charge in [-0.2, -0.15) is 0 Å². The van der Waals surface area contributed by atoms with E-state index in [4.69, 9.17) is 0 Å². The number of hydrogen-bond donors (Lipinski definition) is 2. The van der Waals surface area contributed by atoms with Crippen molar-refractivity contribution in [3.05, 3.63) is 46.8 Å². The zero-order chi connectivity index (χ0) is 15.2. The summed E-state index contributed by atoms with van der Waals surface area (Å²) >= 11 is 3.37. The molecule has 0 saturated carbocycles. The minimum absolute atomic E-state index is 0.261. The van der Waals surface area contributed by atoms with Gasteiger partial charge >= 0.3 is 0 Å². The smallest absolute Gasteiger partial charge is 0.274 e. The van der Waals surface area contributed by atoms with Gasteiger partial charge in [0.25, 0.3) is 5.91 Å². The van der Waals surface area contributed by atoms with E-state index in [2.05, 4.69) is 50.4 Å². The molecule has 0 unspecified atom stereocenters. The van der Waals surface area contributed by atoms with Gasteiger partial charge in [-0.25, -0.2) is 9.97 Å². The highest BCUT2D eigenvalue weighted by Gasteiger charge is 2.09. The van der Waals surface area contributed by atoms with Gasteiger partial charge in [0.05, 0.1) is 0 Å². The van der Waals surface area contributed by atoms with E-state index < -0.39 is 0 Å². The molecule has 2 N–H and O–H groups in total. The van der Waals surface area contributed by atoms with Crippen LogP contribution < -0.4 is 10.6 Å². The first-order chi connectivity index (χ1) is 10.0. The van der Waals surface area contributed by atoms with Gasteiger partial charge in [-0.15, -0.1) is 0 Å². The maximum atomic E-state index is 12.2. The van der Waals surface area contributed by atoms with Crippen LogP contribution in [0.5, 0.6) is 0 Å². The average molecular weight is 349 g/mol. The van der Waals surface area contributed by atoms with Gasteiger partial charge in [-0.1, -0.05) is 35.8 Å². The van der Waals surface area contributed by atoms with E-state index in [-0.39, 0.29) is 5.91 Å². The third kappa shape index (κ3) is 4.82. The molecule has 1 aromatic carbocycles. The molecule has 0 spiro atoms. The molecule has 0 aliphatic heterocycles. The fourth-order valence-corrected chi connectivity index (χ4v) is 2.05. The lowest BCUT2D eigenvalue weighted by molar-refractivity contribution is 0.102. The molecule has 0 atom stereocenters. The molecule has 1 aromatic heterocycles.